The maximum atomic E-state index is 12.1. The molecule has 0 aliphatic carbocycles. The van der Waals surface area contributed by atoms with Crippen molar-refractivity contribution in [3.05, 3.63) is 56.7 Å². The van der Waals surface area contributed by atoms with Crippen LogP contribution < -0.4 is 10.2 Å². The Balaban J connectivity index is 1.52. The number of hydrogen-bond donors (Lipinski definition) is 1. The lowest BCUT2D eigenvalue weighted by Crippen LogP contribution is -2.43. The minimum absolute atomic E-state index is 0.0423. The maximum Gasteiger partial charge on any atom is 0.287 e. The van der Waals surface area contributed by atoms with Crippen LogP contribution >= 0.6 is 15.9 Å². The minimum atomic E-state index is -0.518. The Morgan fingerprint density at radius 3 is 2.83 bits per heavy atom. The number of nitrogens with zero attached hydrogens (tertiary/aromatic N) is 4. The highest BCUT2D eigenvalue weighted by Gasteiger charge is 2.17. The molecule has 10 nitrogen and oxygen atoms in total. The Morgan fingerprint density at radius 1 is 1.38 bits per heavy atom. The number of halogens is 1. The smallest absolute Gasteiger partial charge is 0.287 e. The molecular weight excluding hydrogens is 446 g/mol. The molecular formula is C18H18BrN5O5. The van der Waals surface area contributed by atoms with Crippen LogP contribution in [0.2, 0.25) is 0 Å². The number of hydrazone groups is 1. The van der Waals surface area contributed by atoms with Crippen LogP contribution in [0.1, 0.15) is 5.56 Å². The first-order valence-electron chi connectivity index (χ1n) is 8.70. The predicted octanol–water partition coefficient (Wildman–Crippen LogP) is 2.44. The second-order valence-corrected chi connectivity index (χ2v) is 6.85. The molecule has 0 saturated carbocycles. The zero-order chi connectivity index (χ0) is 20.6. The van der Waals surface area contributed by atoms with Crippen molar-refractivity contribution in [1.29, 1.82) is 0 Å². The van der Waals surface area contributed by atoms with Gasteiger partial charge in [-0.2, -0.15) is 5.10 Å². The van der Waals surface area contributed by atoms with Gasteiger partial charge in [-0.3, -0.25) is 20.3 Å². The highest BCUT2D eigenvalue weighted by atomic mass is 79.9. The summed E-state index contributed by atoms with van der Waals surface area (Å²) in [7, 11) is 0. The highest BCUT2D eigenvalue weighted by Crippen LogP contribution is 2.25. The number of benzene rings is 1. The van der Waals surface area contributed by atoms with Gasteiger partial charge in [0.2, 0.25) is 0 Å². The van der Waals surface area contributed by atoms with Gasteiger partial charge in [-0.25, -0.2) is 4.98 Å². The van der Waals surface area contributed by atoms with Crippen LogP contribution in [0, 0.1) is 10.1 Å². The van der Waals surface area contributed by atoms with E-state index >= 15 is 0 Å². The van der Waals surface area contributed by atoms with Gasteiger partial charge >= 0.3 is 0 Å². The van der Waals surface area contributed by atoms with Crippen LogP contribution in [0.5, 0.6) is 5.75 Å². The molecule has 11 heteroatoms. The minimum Gasteiger partial charge on any atom is -0.483 e. The molecule has 0 spiro atoms. The standard InChI is InChI=1S/C18H18BrN5O5/c19-15-9-13(10-21-22-17-4-2-14(11-20-17)24(26)27)1-3-16(15)29-12-18(25)23-5-7-28-8-6-23/h1-4,9-11H,5-8,12H2,(H,20,22). The largest absolute Gasteiger partial charge is 0.483 e. The maximum absolute atomic E-state index is 12.1. The first-order chi connectivity index (χ1) is 14.0. The lowest BCUT2D eigenvalue weighted by molar-refractivity contribution is -0.385. The van der Waals surface area contributed by atoms with E-state index in [0.717, 1.165) is 11.8 Å². The summed E-state index contributed by atoms with van der Waals surface area (Å²) in [6.07, 6.45) is 2.72. The number of aromatic nitrogens is 1. The van der Waals surface area contributed by atoms with Crippen LogP contribution in [-0.2, 0) is 9.53 Å². The number of nitrogens with one attached hydrogen (secondary N) is 1. The van der Waals surface area contributed by atoms with Gasteiger partial charge in [-0.1, -0.05) is 0 Å². The second kappa shape index (κ2) is 9.94. The fourth-order valence-corrected chi connectivity index (χ4v) is 3.00. The predicted molar refractivity (Wildman–Crippen MR) is 109 cm³/mol. The molecule has 1 aliphatic rings. The molecule has 1 amide bonds. The number of nitro groups is 1. The molecule has 0 atom stereocenters. The molecule has 1 aromatic carbocycles. The van der Waals surface area contributed by atoms with E-state index in [9.17, 15) is 14.9 Å². The summed E-state index contributed by atoms with van der Waals surface area (Å²) in [5.41, 5.74) is 3.38. The van der Waals surface area contributed by atoms with Gasteiger partial charge in [0.05, 0.1) is 28.8 Å². The van der Waals surface area contributed by atoms with Gasteiger partial charge < -0.3 is 14.4 Å². The fraction of sp³-hybridized carbons (Fsp3) is 0.278. The molecule has 1 N–H and O–H groups in total. The third kappa shape index (κ3) is 5.96. The molecule has 0 radical (unpaired) electrons. The summed E-state index contributed by atoms with van der Waals surface area (Å²) in [5.74, 6) is 0.854. The summed E-state index contributed by atoms with van der Waals surface area (Å²) in [4.78, 5) is 27.9. The monoisotopic (exact) mass is 463 g/mol. The van der Waals surface area contributed by atoms with Crippen molar-refractivity contribution in [2.24, 2.45) is 5.10 Å². The number of rotatable bonds is 7. The molecule has 152 valence electrons. The van der Waals surface area contributed by atoms with Gasteiger partial charge in [0, 0.05) is 19.2 Å². The summed E-state index contributed by atoms with van der Waals surface area (Å²) >= 11 is 3.42. The Hall–Kier alpha value is -3.05. The molecule has 29 heavy (non-hydrogen) atoms. The highest BCUT2D eigenvalue weighted by molar-refractivity contribution is 9.10. The van der Waals surface area contributed by atoms with Crippen molar-refractivity contribution < 1.29 is 19.2 Å². The van der Waals surface area contributed by atoms with Crippen LogP contribution in [-0.4, -0.2) is 59.8 Å². The quantitative estimate of drug-likeness (QED) is 0.380. The Labute approximate surface area is 174 Å². The number of carbonyl (C=O) groups excluding carboxylic acids is 1. The number of amides is 1. The Morgan fingerprint density at radius 2 is 2.17 bits per heavy atom. The number of ether oxygens (including phenoxy) is 2. The van der Waals surface area contributed by atoms with Gasteiger partial charge in [-0.15, -0.1) is 0 Å². The lowest BCUT2D eigenvalue weighted by atomic mass is 10.2. The third-order valence-electron chi connectivity index (χ3n) is 4.02. The molecule has 0 bridgehead atoms. The molecule has 3 rings (SSSR count). The van der Waals surface area contributed by atoms with Crippen molar-refractivity contribution in [3.8, 4) is 5.75 Å². The second-order valence-electron chi connectivity index (χ2n) is 6.00. The van der Waals surface area contributed by atoms with Gasteiger partial charge in [-0.05, 0) is 45.8 Å². The van der Waals surface area contributed by atoms with E-state index in [-0.39, 0.29) is 18.2 Å². The lowest BCUT2D eigenvalue weighted by Gasteiger charge is -2.26. The number of anilines is 1. The van der Waals surface area contributed by atoms with Crippen molar-refractivity contribution in [2.75, 3.05) is 38.3 Å². The third-order valence-corrected chi connectivity index (χ3v) is 4.64. The van der Waals surface area contributed by atoms with Gasteiger partial charge in [0.15, 0.2) is 6.61 Å². The summed E-state index contributed by atoms with van der Waals surface area (Å²) in [6.45, 7) is 2.21. The van der Waals surface area contributed by atoms with Gasteiger partial charge in [0.1, 0.15) is 17.8 Å². The Bertz CT molecular complexity index is 900. The van der Waals surface area contributed by atoms with Crippen molar-refractivity contribution in [1.82, 2.24) is 9.88 Å². The summed E-state index contributed by atoms with van der Waals surface area (Å²) in [6, 6.07) is 8.12. The van der Waals surface area contributed by atoms with E-state index in [0.29, 0.717) is 42.3 Å². The van der Waals surface area contributed by atoms with Crippen LogP contribution in [0.4, 0.5) is 11.5 Å². The van der Waals surface area contributed by atoms with E-state index < -0.39 is 4.92 Å². The van der Waals surface area contributed by atoms with Gasteiger partial charge in [0.25, 0.3) is 11.6 Å². The molecule has 2 heterocycles. The molecule has 1 aromatic heterocycles. The van der Waals surface area contributed by atoms with Crippen molar-refractivity contribution >= 4 is 39.6 Å². The number of hydrogen-bond acceptors (Lipinski definition) is 8. The average Bonchev–Trinajstić information content (AvgIpc) is 2.74. The molecule has 1 aliphatic heterocycles. The zero-order valence-corrected chi connectivity index (χ0v) is 16.9. The van der Waals surface area contributed by atoms with Crippen molar-refractivity contribution in [2.45, 2.75) is 0 Å². The average molecular weight is 464 g/mol. The first-order valence-corrected chi connectivity index (χ1v) is 9.49. The van der Waals surface area contributed by atoms with E-state index in [2.05, 4.69) is 31.4 Å². The van der Waals surface area contributed by atoms with E-state index in [1.54, 1.807) is 29.3 Å². The summed E-state index contributed by atoms with van der Waals surface area (Å²) in [5, 5.41) is 14.7. The number of carbonyl (C=O) groups is 1. The van der Waals surface area contributed by atoms with Crippen LogP contribution in [0.15, 0.2) is 46.1 Å². The fourth-order valence-electron chi connectivity index (χ4n) is 2.49. The Kier molecular flexibility index (Phi) is 7.09. The topological polar surface area (TPSA) is 119 Å². The zero-order valence-electron chi connectivity index (χ0n) is 15.3. The molecule has 0 unspecified atom stereocenters. The molecule has 2 aromatic rings. The normalized spacial score (nSPS) is 14.0. The van der Waals surface area contributed by atoms with E-state index in [4.69, 9.17) is 9.47 Å². The summed E-state index contributed by atoms with van der Waals surface area (Å²) < 4.78 is 11.5. The van der Waals surface area contributed by atoms with E-state index in [1.165, 1.54) is 12.1 Å². The van der Waals surface area contributed by atoms with Crippen LogP contribution in [0.3, 0.4) is 0 Å². The van der Waals surface area contributed by atoms with Crippen LogP contribution in [0.25, 0.3) is 0 Å². The first kappa shape index (κ1) is 20.7. The molecule has 1 saturated heterocycles. The number of pyridine rings is 1. The SMILES string of the molecule is O=C(COc1ccc(C=NNc2ccc([N+](=O)[O-])cn2)cc1Br)N1CCOCC1. The van der Waals surface area contributed by atoms with E-state index in [1.807, 2.05) is 0 Å². The number of morpholine rings is 1. The van der Waals surface area contributed by atoms with Crippen molar-refractivity contribution in [3.63, 3.8) is 0 Å². The molecule has 1 fully saturated rings.